The molecular weight excluding hydrogens is 837 g/mol. The van der Waals surface area contributed by atoms with E-state index in [0.29, 0.717) is 55.6 Å². The summed E-state index contributed by atoms with van der Waals surface area (Å²) in [5.41, 5.74) is 2.13. The van der Waals surface area contributed by atoms with E-state index >= 15 is 0 Å². The highest BCUT2D eigenvalue weighted by Gasteiger charge is 2.22. The fraction of sp³-hybridized carbons (Fsp3) is 0.176. The number of pyridine rings is 4. The summed E-state index contributed by atoms with van der Waals surface area (Å²) in [6.07, 6.45) is 3.13. The van der Waals surface area contributed by atoms with Gasteiger partial charge in [-0.25, -0.2) is 9.97 Å². The number of ether oxygens (including phenoxy) is 4. The van der Waals surface area contributed by atoms with Crippen LogP contribution in [-0.4, -0.2) is 56.0 Å². The summed E-state index contributed by atoms with van der Waals surface area (Å²) in [7, 11) is 14.3. The van der Waals surface area contributed by atoms with E-state index in [1.165, 1.54) is 31.0 Å². The molecule has 0 bridgehead atoms. The summed E-state index contributed by atoms with van der Waals surface area (Å²) in [6.45, 7) is 0. The Kier molecular flexibility index (Phi) is 13.8. The van der Waals surface area contributed by atoms with E-state index in [4.69, 9.17) is 73.8 Å². The van der Waals surface area contributed by atoms with Crippen LogP contribution in [0.5, 0.6) is 23.0 Å². The highest BCUT2D eigenvalue weighted by atomic mass is 36.0. The molecule has 0 atom stereocenters. The molecule has 0 N–H and O–H groups in total. The monoisotopic (exact) mass is 862 g/mol. The van der Waals surface area contributed by atoms with E-state index in [9.17, 15) is 9.59 Å². The lowest BCUT2D eigenvalue weighted by molar-refractivity contribution is 0.394. The molecule has 0 aliphatic rings. The second kappa shape index (κ2) is 17.5. The lowest BCUT2D eigenvalue weighted by Gasteiger charge is -2.17. The van der Waals surface area contributed by atoms with Gasteiger partial charge in [0.2, 0.25) is 0 Å². The SMILES string of the molecule is COc1cc(OC)c(Cl)c(-c2cc3cnc(Cl)cc3c(=O)n2C)c1Cl.COc1cc(OC)cc(-c2cc3cnc(Cl)cc3c(=O)n2C)c1.O=S(=O)(Cl)Cl. The molecule has 12 nitrogen and oxygen atoms in total. The summed E-state index contributed by atoms with van der Waals surface area (Å²) in [5.74, 6) is 2.08. The van der Waals surface area contributed by atoms with Crippen molar-refractivity contribution >= 4 is 97.6 Å². The average molecular weight is 865 g/mol. The van der Waals surface area contributed by atoms with Crippen LogP contribution in [0, 0.1) is 0 Å². The molecule has 19 heteroatoms. The minimum Gasteiger partial charge on any atom is -0.497 e. The highest BCUT2D eigenvalue weighted by molar-refractivity contribution is 8.31. The first-order valence-electron chi connectivity index (χ1n) is 14.7. The van der Waals surface area contributed by atoms with Gasteiger partial charge in [-0.3, -0.25) is 9.59 Å². The molecule has 0 aliphatic carbocycles. The van der Waals surface area contributed by atoms with Gasteiger partial charge in [0.1, 0.15) is 33.3 Å². The quantitative estimate of drug-likeness (QED) is 0.118. The lowest BCUT2D eigenvalue weighted by atomic mass is 10.1. The van der Waals surface area contributed by atoms with Gasteiger partial charge in [-0.15, -0.1) is 0 Å². The zero-order valence-electron chi connectivity index (χ0n) is 28.5. The second-order valence-corrected chi connectivity index (χ2v) is 15.9. The van der Waals surface area contributed by atoms with Crippen LogP contribution in [0.4, 0.5) is 0 Å². The Balaban J connectivity index is 0.000000211. The predicted octanol–water partition coefficient (Wildman–Crippen LogP) is 8.56. The van der Waals surface area contributed by atoms with Crippen molar-refractivity contribution in [3.63, 3.8) is 0 Å². The standard InChI is InChI=1S/C17H13Cl3N2O3.C17H15ClN2O3.Cl2O2S/c1-22-10(4-8-7-21-13(18)5-9(8)17(22)23)14-15(19)11(24-2)6-12(25-3)16(14)20;1-20-15(10-4-12(22-2)7-13(5-10)23-3)6-11-9-19-16(18)8-14(11)17(20)21;1-5(2,3)4/h4-7H,1-3H3;4-9H,1-3H3;. The van der Waals surface area contributed by atoms with E-state index in [-0.39, 0.29) is 26.3 Å². The summed E-state index contributed by atoms with van der Waals surface area (Å²) in [4.78, 5) is 33.4. The summed E-state index contributed by atoms with van der Waals surface area (Å²) in [6, 6.07) is 13.9. The zero-order chi connectivity index (χ0) is 39.4. The number of halogens is 6. The Morgan fingerprint density at radius 3 is 1.38 bits per heavy atom. The molecule has 0 fully saturated rings. The molecule has 0 saturated heterocycles. The normalized spacial score (nSPS) is 10.9. The first kappa shape index (κ1) is 41.8. The van der Waals surface area contributed by atoms with E-state index in [2.05, 4.69) is 31.3 Å². The molecule has 0 amide bonds. The Morgan fingerprint density at radius 1 is 0.585 bits per heavy atom. The molecule has 6 rings (SSSR count). The van der Waals surface area contributed by atoms with E-state index < -0.39 is 8.26 Å². The van der Waals surface area contributed by atoms with Crippen molar-refractivity contribution in [3.05, 3.63) is 102 Å². The van der Waals surface area contributed by atoms with Crippen molar-refractivity contribution < 1.29 is 27.4 Å². The van der Waals surface area contributed by atoms with Crippen LogP contribution >= 0.6 is 67.8 Å². The predicted molar refractivity (Wildman–Crippen MR) is 212 cm³/mol. The number of hydrogen-bond acceptors (Lipinski definition) is 10. The number of benzene rings is 2. The maximum Gasteiger partial charge on any atom is 0.317 e. The molecule has 6 aromatic rings. The number of fused-ring (bicyclic) bond motifs is 2. The Hall–Kier alpha value is -3.95. The summed E-state index contributed by atoms with van der Waals surface area (Å²) < 4.78 is 42.5. The van der Waals surface area contributed by atoms with Crippen LogP contribution in [-0.2, 0) is 22.4 Å². The molecule has 0 radical (unpaired) electrons. The smallest absolute Gasteiger partial charge is 0.317 e. The number of aromatic nitrogens is 4. The van der Waals surface area contributed by atoms with Gasteiger partial charge in [-0.1, -0.05) is 46.4 Å². The van der Waals surface area contributed by atoms with Gasteiger partial charge in [-0.2, -0.15) is 8.42 Å². The van der Waals surface area contributed by atoms with Crippen molar-refractivity contribution in [1.82, 2.24) is 19.1 Å². The molecule has 0 unspecified atom stereocenters. The molecule has 4 aromatic heterocycles. The third-order valence-electron chi connectivity index (χ3n) is 7.66. The molecule has 0 saturated carbocycles. The van der Waals surface area contributed by atoms with Crippen molar-refractivity contribution in [2.24, 2.45) is 14.1 Å². The van der Waals surface area contributed by atoms with Crippen LogP contribution in [0.2, 0.25) is 20.4 Å². The first-order valence-corrected chi connectivity index (χ1v) is 19.4. The highest BCUT2D eigenvalue weighted by Crippen LogP contribution is 2.46. The number of nitrogens with zero attached hydrogens (tertiary/aromatic N) is 4. The second-order valence-electron chi connectivity index (χ2n) is 10.7. The van der Waals surface area contributed by atoms with Crippen molar-refractivity contribution in [2.45, 2.75) is 0 Å². The zero-order valence-corrected chi connectivity index (χ0v) is 33.9. The van der Waals surface area contributed by atoms with Gasteiger partial charge in [0.05, 0.1) is 60.6 Å². The van der Waals surface area contributed by atoms with Crippen LogP contribution < -0.4 is 30.1 Å². The van der Waals surface area contributed by atoms with Crippen LogP contribution in [0.3, 0.4) is 0 Å². The minimum atomic E-state index is -3.72. The molecule has 2 aromatic carbocycles. The van der Waals surface area contributed by atoms with Crippen LogP contribution in [0.25, 0.3) is 44.1 Å². The maximum atomic E-state index is 12.7. The van der Waals surface area contributed by atoms with Gasteiger partial charge in [0.15, 0.2) is 0 Å². The minimum absolute atomic E-state index is 0.136. The van der Waals surface area contributed by atoms with Crippen LogP contribution in [0.1, 0.15) is 0 Å². The third-order valence-corrected chi connectivity index (χ3v) is 8.82. The molecule has 0 aliphatic heterocycles. The van der Waals surface area contributed by atoms with Gasteiger partial charge in [0.25, 0.3) is 11.1 Å². The molecule has 4 heterocycles. The first-order chi connectivity index (χ1) is 24.9. The summed E-state index contributed by atoms with van der Waals surface area (Å²) in [5, 5.41) is 3.45. The largest absolute Gasteiger partial charge is 0.497 e. The van der Waals surface area contributed by atoms with Gasteiger partial charge < -0.3 is 28.1 Å². The number of hydrogen-bond donors (Lipinski definition) is 0. The van der Waals surface area contributed by atoms with E-state index in [1.54, 1.807) is 63.3 Å². The van der Waals surface area contributed by atoms with Gasteiger partial charge >= 0.3 is 8.26 Å². The number of rotatable bonds is 6. The van der Waals surface area contributed by atoms with Gasteiger partial charge in [0, 0.05) is 81.9 Å². The Labute approximate surface area is 332 Å². The number of methoxy groups -OCH3 is 4. The Morgan fingerprint density at radius 2 is 0.981 bits per heavy atom. The van der Waals surface area contributed by atoms with Crippen LogP contribution in [0.15, 0.2) is 70.5 Å². The molecule has 0 spiro atoms. The van der Waals surface area contributed by atoms with Crippen molar-refractivity contribution in [2.75, 3.05) is 28.4 Å². The molecular formula is C34H28Cl6N4O8S. The molecule has 53 heavy (non-hydrogen) atoms. The van der Waals surface area contributed by atoms with Gasteiger partial charge in [-0.05, 0) is 36.4 Å². The third kappa shape index (κ3) is 9.78. The van der Waals surface area contributed by atoms with E-state index in [0.717, 1.165) is 16.6 Å². The lowest BCUT2D eigenvalue weighted by Crippen LogP contribution is -2.19. The fourth-order valence-electron chi connectivity index (χ4n) is 5.13. The Bertz CT molecular complexity index is 2520. The average Bonchev–Trinajstić information content (AvgIpc) is 3.11. The van der Waals surface area contributed by atoms with E-state index in [1.807, 2.05) is 18.2 Å². The van der Waals surface area contributed by atoms with Crippen molar-refractivity contribution in [3.8, 4) is 45.5 Å². The molecule has 280 valence electrons. The maximum absolute atomic E-state index is 12.7. The fourth-order valence-corrected chi connectivity index (χ4v) is 6.14. The van der Waals surface area contributed by atoms with Crippen molar-refractivity contribution in [1.29, 1.82) is 0 Å². The topological polar surface area (TPSA) is 141 Å². The summed E-state index contributed by atoms with van der Waals surface area (Å²) >= 11 is 24.7.